The summed E-state index contributed by atoms with van der Waals surface area (Å²) in [5.41, 5.74) is 1.07. The molecular weight excluding hydrogens is 206 g/mol. The van der Waals surface area contributed by atoms with Crippen molar-refractivity contribution < 1.29 is 0 Å². The Bertz CT molecular complexity index is 290. The van der Waals surface area contributed by atoms with Crippen LogP contribution in [-0.4, -0.2) is 6.21 Å². The summed E-state index contributed by atoms with van der Waals surface area (Å²) in [4.78, 5) is 4.43. The lowest BCUT2D eigenvalue weighted by atomic mass is 10.1. The molecule has 0 bridgehead atoms. The first-order valence-electron chi connectivity index (χ1n) is 7.01. The van der Waals surface area contributed by atoms with Crippen molar-refractivity contribution in [3.05, 3.63) is 30.3 Å². The van der Waals surface area contributed by atoms with Gasteiger partial charge in [-0.1, -0.05) is 63.6 Å². The summed E-state index contributed by atoms with van der Waals surface area (Å²) in [5, 5.41) is 0. The van der Waals surface area contributed by atoms with E-state index in [2.05, 4.69) is 18.1 Å². The molecule has 1 aromatic carbocycles. The Balaban J connectivity index is 1.95. The van der Waals surface area contributed by atoms with Crippen molar-refractivity contribution >= 4 is 11.9 Å². The number of hydrogen-bond acceptors (Lipinski definition) is 1. The van der Waals surface area contributed by atoms with E-state index < -0.39 is 0 Å². The van der Waals surface area contributed by atoms with Crippen LogP contribution in [0.3, 0.4) is 0 Å². The smallest absolute Gasteiger partial charge is 0.0625 e. The number of para-hydroxylation sites is 1. The maximum Gasteiger partial charge on any atom is 0.0625 e. The maximum absolute atomic E-state index is 4.43. The molecule has 0 saturated carbocycles. The fraction of sp³-hybridized carbons (Fsp3) is 0.562. The zero-order chi connectivity index (χ0) is 12.2. The van der Waals surface area contributed by atoms with Crippen LogP contribution in [0.2, 0.25) is 0 Å². The van der Waals surface area contributed by atoms with Gasteiger partial charge in [-0.15, -0.1) is 0 Å². The van der Waals surface area contributed by atoms with Crippen molar-refractivity contribution in [2.45, 2.75) is 58.3 Å². The number of rotatable bonds is 9. The minimum atomic E-state index is 1.07. The van der Waals surface area contributed by atoms with Crippen molar-refractivity contribution in [1.29, 1.82) is 0 Å². The van der Waals surface area contributed by atoms with E-state index >= 15 is 0 Å². The summed E-state index contributed by atoms with van der Waals surface area (Å²) >= 11 is 0. The third kappa shape index (κ3) is 7.73. The highest BCUT2D eigenvalue weighted by atomic mass is 14.7. The van der Waals surface area contributed by atoms with Gasteiger partial charge in [-0.3, -0.25) is 4.99 Å². The van der Waals surface area contributed by atoms with Gasteiger partial charge in [0, 0.05) is 6.21 Å². The van der Waals surface area contributed by atoms with E-state index in [9.17, 15) is 0 Å². The Hall–Kier alpha value is -1.11. The van der Waals surface area contributed by atoms with Gasteiger partial charge < -0.3 is 0 Å². The van der Waals surface area contributed by atoms with E-state index in [1.165, 1.54) is 44.9 Å². The molecule has 0 unspecified atom stereocenters. The minimum absolute atomic E-state index is 1.07. The maximum atomic E-state index is 4.43. The molecule has 0 aromatic heterocycles. The summed E-state index contributed by atoms with van der Waals surface area (Å²) in [6, 6.07) is 10.2. The van der Waals surface area contributed by atoms with Crippen LogP contribution < -0.4 is 0 Å². The molecule has 0 radical (unpaired) electrons. The lowest BCUT2D eigenvalue weighted by Crippen LogP contribution is -1.81. The molecule has 1 heteroatoms. The quantitative estimate of drug-likeness (QED) is 0.391. The Morgan fingerprint density at radius 2 is 1.53 bits per heavy atom. The lowest BCUT2D eigenvalue weighted by Gasteiger charge is -1.98. The highest BCUT2D eigenvalue weighted by molar-refractivity contribution is 5.62. The molecule has 0 saturated heterocycles. The van der Waals surface area contributed by atoms with Crippen LogP contribution >= 0.6 is 0 Å². The van der Waals surface area contributed by atoms with E-state index in [0.717, 1.165) is 12.1 Å². The van der Waals surface area contributed by atoms with Gasteiger partial charge in [-0.2, -0.15) is 0 Å². The van der Waals surface area contributed by atoms with Crippen molar-refractivity contribution in [3.63, 3.8) is 0 Å². The molecule has 0 heterocycles. The van der Waals surface area contributed by atoms with Crippen LogP contribution in [0.15, 0.2) is 35.3 Å². The molecule has 0 amide bonds. The van der Waals surface area contributed by atoms with Gasteiger partial charge in [0.2, 0.25) is 0 Å². The van der Waals surface area contributed by atoms with E-state index in [0.29, 0.717) is 0 Å². The fourth-order valence-electron chi connectivity index (χ4n) is 1.88. The number of hydrogen-bond donors (Lipinski definition) is 0. The standard InChI is InChI=1S/C16H25N/c1-2-3-4-5-6-7-8-12-15-17-16-13-10-9-11-14-16/h9-11,13-15H,2-8,12H2,1H3. The first-order valence-corrected chi connectivity index (χ1v) is 7.01. The van der Waals surface area contributed by atoms with Crippen LogP contribution in [0.4, 0.5) is 5.69 Å². The zero-order valence-corrected chi connectivity index (χ0v) is 11.1. The molecule has 1 nitrogen and oxygen atoms in total. The first-order chi connectivity index (χ1) is 8.43. The van der Waals surface area contributed by atoms with E-state index in [-0.39, 0.29) is 0 Å². The predicted molar refractivity (Wildman–Crippen MR) is 77.2 cm³/mol. The van der Waals surface area contributed by atoms with Gasteiger partial charge in [0.1, 0.15) is 0 Å². The summed E-state index contributed by atoms with van der Waals surface area (Å²) in [6.07, 6.45) is 12.7. The Morgan fingerprint density at radius 1 is 0.882 bits per heavy atom. The molecule has 0 spiro atoms. The summed E-state index contributed by atoms with van der Waals surface area (Å²) in [6.45, 7) is 2.26. The summed E-state index contributed by atoms with van der Waals surface area (Å²) < 4.78 is 0. The molecule has 0 aliphatic rings. The molecule has 1 aromatic rings. The Morgan fingerprint density at radius 3 is 2.24 bits per heavy atom. The molecular formula is C16H25N. The lowest BCUT2D eigenvalue weighted by molar-refractivity contribution is 0.596. The molecule has 0 fully saturated rings. The minimum Gasteiger partial charge on any atom is -0.261 e. The van der Waals surface area contributed by atoms with Crippen molar-refractivity contribution in [2.24, 2.45) is 4.99 Å². The summed E-state index contributed by atoms with van der Waals surface area (Å²) in [7, 11) is 0. The summed E-state index contributed by atoms with van der Waals surface area (Å²) in [5.74, 6) is 0. The third-order valence-electron chi connectivity index (χ3n) is 2.93. The monoisotopic (exact) mass is 231 g/mol. The van der Waals surface area contributed by atoms with Crippen LogP contribution in [0.25, 0.3) is 0 Å². The van der Waals surface area contributed by atoms with Crippen molar-refractivity contribution in [1.82, 2.24) is 0 Å². The second-order valence-corrected chi connectivity index (χ2v) is 4.56. The van der Waals surface area contributed by atoms with Crippen LogP contribution in [0.1, 0.15) is 58.3 Å². The van der Waals surface area contributed by atoms with Crippen molar-refractivity contribution in [2.75, 3.05) is 0 Å². The fourth-order valence-corrected chi connectivity index (χ4v) is 1.88. The first kappa shape index (κ1) is 14.0. The second-order valence-electron chi connectivity index (χ2n) is 4.56. The predicted octanol–water partition coefficient (Wildman–Crippen LogP) is 5.53. The van der Waals surface area contributed by atoms with E-state index in [1.54, 1.807) is 0 Å². The number of unbranched alkanes of at least 4 members (excludes halogenated alkanes) is 7. The molecule has 17 heavy (non-hydrogen) atoms. The Labute approximate surface area is 106 Å². The molecule has 0 N–H and O–H groups in total. The van der Waals surface area contributed by atoms with E-state index in [4.69, 9.17) is 0 Å². The second kappa shape index (κ2) is 10.1. The normalized spacial score (nSPS) is 11.1. The largest absolute Gasteiger partial charge is 0.261 e. The van der Waals surface area contributed by atoms with E-state index in [1.807, 2.05) is 30.3 Å². The van der Waals surface area contributed by atoms with Gasteiger partial charge in [0.25, 0.3) is 0 Å². The molecule has 1 rings (SSSR count). The third-order valence-corrected chi connectivity index (χ3v) is 2.93. The molecule has 0 atom stereocenters. The SMILES string of the molecule is CCCCCCCCCC=Nc1ccccc1. The van der Waals surface area contributed by atoms with Gasteiger partial charge >= 0.3 is 0 Å². The highest BCUT2D eigenvalue weighted by Gasteiger charge is 1.89. The van der Waals surface area contributed by atoms with Crippen LogP contribution in [-0.2, 0) is 0 Å². The topological polar surface area (TPSA) is 12.4 Å². The van der Waals surface area contributed by atoms with Gasteiger partial charge in [0.15, 0.2) is 0 Å². The molecule has 0 aliphatic carbocycles. The zero-order valence-electron chi connectivity index (χ0n) is 11.1. The Kier molecular flexibility index (Phi) is 8.27. The van der Waals surface area contributed by atoms with Gasteiger partial charge in [0.05, 0.1) is 5.69 Å². The molecule has 94 valence electrons. The highest BCUT2D eigenvalue weighted by Crippen LogP contribution is 2.10. The van der Waals surface area contributed by atoms with Crippen molar-refractivity contribution in [3.8, 4) is 0 Å². The van der Waals surface area contributed by atoms with Crippen LogP contribution in [0, 0.1) is 0 Å². The number of benzene rings is 1. The average molecular weight is 231 g/mol. The average Bonchev–Trinajstić information content (AvgIpc) is 2.38. The number of aliphatic imine (C=N–C) groups is 1. The van der Waals surface area contributed by atoms with Crippen LogP contribution in [0.5, 0.6) is 0 Å². The number of nitrogens with zero attached hydrogens (tertiary/aromatic N) is 1. The van der Waals surface area contributed by atoms with Gasteiger partial charge in [-0.25, -0.2) is 0 Å². The van der Waals surface area contributed by atoms with Gasteiger partial charge in [-0.05, 0) is 25.0 Å². The molecule has 0 aliphatic heterocycles.